The van der Waals surface area contributed by atoms with Gasteiger partial charge < -0.3 is 14.9 Å². The summed E-state index contributed by atoms with van der Waals surface area (Å²) in [7, 11) is 0. The first-order valence-corrected chi connectivity index (χ1v) is 8.44. The molecule has 0 saturated heterocycles. The summed E-state index contributed by atoms with van der Waals surface area (Å²) in [5.74, 6) is 0.403. The van der Waals surface area contributed by atoms with Crippen molar-refractivity contribution < 1.29 is 28.0 Å². The first-order valence-electron chi connectivity index (χ1n) is 8.44. The van der Waals surface area contributed by atoms with Crippen LogP contribution >= 0.6 is 0 Å². The molecule has 0 aliphatic heterocycles. The minimum Gasteiger partial charge on any atom is -0.465 e. The number of H-pyrrole nitrogens is 1. The molecule has 1 aliphatic carbocycles. The van der Waals surface area contributed by atoms with E-state index in [2.05, 4.69) is 20.7 Å². The van der Waals surface area contributed by atoms with Crippen molar-refractivity contribution in [2.24, 2.45) is 0 Å². The number of carboxylic acid groups (broad SMARTS) is 1. The monoisotopic (exact) mass is 383 g/mol. The lowest BCUT2D eigenvalue weighted by molar-refractivity contribution is -0.115. The molecule has 0 radical (unpaired) electrons. The summed E-state index contributed by atoms with van der Waals surface area (Å²) >= 11 is 0. The Hall–Kier alpha value is -2.98. The Morgan fingerprint density at radius 1 is 1.44 bits per heavy atom. The molecule has 2 amide bonds. The molecule has 2 heterocycles. The lowest BCUT2D eigenvalue weighted by atomic mass is 10.0. The number of alkyl halides is 2. The van der Waals surface area contributed by atoms with Crippen LogP contribution < -0.4 is 5.32 Å². The third kappa shape index (κ3) is 4.80. The molecule has 3 N–H and O–H groups in total. The van der Waals surface area contributed by atoms with Gasteiger partial charge in [0.1, 0.15) is 5.76 Å². The highest BCUT2D eigenvalue weighted by Crippen LogP contribution is 2.37. The fourth-order valence-electron chi connectivity index (χ4n) is 3.34. The normalized spacial score (nSPS) is 19.4. The van der Waals surface area contributed by atoms with Gasteiger partial charge in [0.25, 0.3) is 6.43 Å². The largest absolute Gasteiger partial charge is 0.465 e. The average Bonchev–Trinajstić information content (AvgIpc) is 3.33. The van der Waals surface area contributed by atoms with Crippen LogP contribution in [0.5, 0.6) is 0 Å². The molecule has 2 unspecified atom stereocenters. The molecule has 0 spiro atoms. The van der Waals surface area contributed by atoms with Crippen LogP contribution in [-0.2, 0) is 11.2 Å². The smallest absolute Gasteiger partial charge is 0.407 e. The summed E-state index contributed by atoms with van der Waals surface area (Å²) in [4.78, 5) is 24.0. The Kier molecular flexibility index (Phi) is 5.67. The molecule has 2 aromatic rings. The van der Waals surface area contributed by atoms with Crippen molar-refractivity contribution in [2.75, 3.05) is 11.9 Å². The molecule has 1 aliphatic rings. The van der Waals surface area contributed by atoms with E-state index in [-0.39, 0.29) is 18.2 Å². The highest BCUT2D eigenvalue weighted by molar-refractivity contribution is 5.91. The van der Waals surface area contributed by atoms with E-state index in [1.54, 1.807) is 12.1 Å². The second kappa shape index (κ2) is 8.14. The van der Waals surface area contributed by atoms with E-state index < -0.39 is 25.1 Å². The molecule has 2 aromatic heterocycles. The van der Waals surface area contributed by atoms with Gasteiger partial charge in [-0.05, 0) is 19.3 Å². The van der Waals surface area contributed by atoms with Crippen molar-refractivity contribution in [2.45, 2.75) is 44.1 Å². The second-order valence-electron chi connectivity index (χ2n) is 6.40. The molecule has 0 aromatic carbocycles. The quantitative estimate of drug-likeness (QED) is 0.675. The predicted molar refractivity (Wildman–Crippen MR) is 88.5 cm³/mol. The highest BCUT2D eigenvalue weighted by Gasteiger charge is 2.34. The Morgan fingerprint density at radius 3 is 2.93 bits per heavy atom. The fourth-order valence-corrected chi connectivity index (χ4v) is 3.34. The topological polar surface area (TPSA) is 124 Å². The van der Waals surface area contributed by atoms with Gasteiger partial charge in [-0.2, -0.15) is 5.10 Å². The first-order chi connectivity index (χ1) is 12.9. The number of nitrogens with one attached hydrogen (secondary N) is 2. The maximum absolute atomic E-state index is 12.6. The number of amides is 2. The number of anilines is 1. The zero-order valence-electron chi connectivity index (χ0n) is 14.3. The minimum absolute atomic E-state index is 0.0227. The third-order valence-electron chi connectivity index (χ3n) is 4.56. The molecule has 146 valence electrons. The van der Waals surface area contributed by atoms with Crippen LogP contribution in [0.4, 0.5) is 19.4 Å². The van der Waals surface area contributed by atoms with Crippen molar-refractivity contribution in [3.8, 4) is 0 Å². The number of aromatic nitrogens is 3. The lowest BCUT2D eigenvalue weighted by Gasteiger charge is -2.25. The highest BCUT2D eigenvalue weighted by atomic mass is 19.3. The number of nitrogens with zero attached hydrogens (tertiary/aromatic N) is 3. The molecule has 1 saturated carbocycles. The van der Waals surface area contributed by atoms with Crippen molar-refractivity contribution >= 4 is 17.8 Å². The molecular weight excluding hydrogens is 364 g/mol. The summed E-state index contributed by atoms with van der Waals surface area (Å²) in [6.07, 6.45) is -1.02. The third-order valence-corrected chi connectivity index (χ3v) is 4.56. The standard InChI is InChI=1S/C16H19F2N5O4/c17-13(18)8-23(16(25)26)10-2-1-9(5-10)12-7-14(22-21-12)20-15(24)6-11-3-4-19-27-11/h3-4,7,9-10,13H,1-2,5-6,8H2,(H,25,26)(H2,20,21,22,24). The maximum Gasteiger partial charge on any atom is 0.407 e. The second-order valence-corrected chi connectivity index (χ2v) is 6.40. The Bertz CT molecular complexity index is 780. The molecule has 3 rings (SSSR count). The van der Waals surface area contributed by atoms with E-state index in [0.29, 0.717) is 30.8 Å². The number of hydrogen-bond donors (Lipinski definition) is 3. The zero-order valence-corrected chi connectivity index (χ0v) is 14.3. The minimum atomic E-state index is -2.71. The summed E-state index contributed by atoms with van der Waals surface area (Å²) < 4.78 is 30.1. The summed E-state index contributed by atoms with van der Waals surface area (Å²) in [5, 5.41) is 22.2. The number of carbonyl (C=O) groups excluding carboxylic acids is 1. The first kappa shape index (κ1) is 18.8. The van der Waals surface area contributed by atoms with E-state index in [1.807, 2.05) is 0 Å². The van der Waals surface area contributed by atoms with Gasteiger partial charge >= 0.3 is 6.09 Å². The van der Waals surface area contributed by atoms with E-state index in [0.717, 1.165) is 10.6 Å². The van der Waals surface area contributed by atoms with Crippen LogP contribution in [0.3, 0.4) is 0 Å². The Labute approximate surface area is 152 Å². The van der Waals surface area contributed by atoms with Gasteiger partial charge in [0.05, 0.1) is 19.2 Å². The van der Waals surface area contributed by atoms with E-state index in [4.69, 9.17) is 9.63 Å². The molecule has 11 heteroatoms. The van der Waals surface area contributed by atoms with Crippen LogP contribution in [0.25, 0.3) is 0 Å². The van der Waals surface area contributed by atoms with Gasteiger partial charge in [0.15, 0.2) is 5.82 Å². The molecular formula is C16H19F2N5O4. The zero-order chi connectivity index (χ0) is 19.4. The van der Waals surface area contributed by atoms with Crippen LogP contribution in [0.1, 0.15) is 36.6 Å². The van der Waals surface area contributed by atoms with Crippen LogP contribution in [0.2, 0.25) is 0 Å². The van der Waals surface area contributed by atoms with Gasteiger partial charge in [-0.1, -0.05) is 5.16 Å². The van der Waals surface area contributed by atoms with E-state index in [9.17, 15) is 18.4 Å². The molecule has 27 heavy (non-hydrogen) atoms. The van der Waals surface area contributed by atoms with E-state index >= 15 is 0 Å². The van der Waals surface area contributed by atoms with Crippen LogP contribution in [-0.4, -0.2) is 56.4 Å². The van der Waals surface area contributed by atoms with Crippen molar-refractivity contribution in [1.82, 2.24) is 20.3 Å². The van der Waals surface area contributed by atoms with Gasteiger partial charge in [-0.3, -0.25) is 14.8 Å². The van der Waals surface area contributed by atoms with Crippen molar-refractivity contribution in [1.29, 1.82) is 0 Å². The van der Waals surface area contributed by atoms with Gasteiger partial charge in [-0.25, -0.2) is 13.6 Å². The Morgan fingerprint density at radius 2 is 2.26 bits per heavy atom. The molecule has 2 atom stereocenters. The lowest BCUT2D eigenvalue weighted by Crippen LogP contribution is -2.41. The van der Waals surface area contributed by atoms with Gasteiger partial charge in [0.2, 0.25) is 5.91 Å². The molecule has 0 bridgehead atoms. The SMILES string of the molecule is O=C(Cc1ccno1)Nc1cc(C2CCC(N(CC(F)F)C(=O)O)C2)[nH]n1. The van der Waals surface area contributed by atoms with Gasteiger partial charge in [-0.15, -0.1) is 0 Å². The summed E-state index contributed by atoms with van der Waals surface area (Å²) in [5.41, 5.74) is 0.731. The van der Waals surface area contributed by atoms with E-state index in [1.165, 1.54) is 6.20 Å². The van der Waals surface area contributed by atoms with Crippen molar-refractivity contribution in [3.63, 3.8) is 0 Å². The van der Waals surface area contributed by atoms with Crippen LogP contribution in [0.15, 0.2) is 22.9 Å². The summed E-state index contributed by atoms with van der Waals surface area (Å²) in [6.45, 7) is -0.793. The maximum atomic E-state index is 12.6. The van der Waals surface area contributed by atoms with Crippen LogP contribution in [0, 0.1) is 0 Å². The van der Waals surface area contributed by atoms with Gasteiger partial charge in [0, 0.05) is 29.8 Å². The Balaban J connectivity index is 1.57. The number of hydrogen-bond acceptors (Lipinski definition) is 5. The molecule has 1 fully saturated rings. The number of halogens is 2. The predicted octanol–water partition coefficient (Wildman–Crippen LogP) is 2.46. The summed E-state index contributed by atoms with van der Waals surface area (Å²) in [6, 6.07) is 2.79. The fraction of sp³-hybridized carbons (Fsp3) is 0.500. The number of rotatable bonds is 7. The average molecular weight is 383 g/mol. The number of aromatic amines is 1. The number of carbonyl (C=O) groups is 2. The molecule has 9 nitrogen and oxygen atoms in total. The van der Waals surface area contributed by atoms with Crippen molar-refractivity contribution in [3.05, 3.63) is 29.8 Å².